The fraction of sp³-hybridized carbons (Fsp3) is 0.167. The van der Waals surface area contributed by atoms with Crippen LogP contribution in [-0.2, 0) is 16.2 Å². The van der Waals surface area contributed by atoms with Crippen LogP contribution in [-0.4, -0.2) is 35.5 Å². The third kappa shape index (κ3) is 5.21. The van der Waals surface area contributed by atoms with Crippen molar-refractivity contribution in [2.75, 3.05) is 18.6 Å². The molecular formula is C30H26N2O6S. The number of aliphatic hydroxyl groups excluding tert-OH is 1. The number of methoxy groups -OCH3 is 1. The minimum Gasteiger partial charge on any atom is -0.507 e. The van der Waals surface area contributed by atoms with Crippen LogP contribution in [0.3, 0.4) is 0 Å². The summed E-state index contributed by atoms with van der Waals surface area (Å²) in [7, 11) is 1.52. The van der Waals surface area contributed by atoms with Crippen molar-refractivity contribution >= 4 is 33.9 Å². The minimum absolute atomic E-state index is 0.0520. The number of aliphatic hydroxyl groups is 1. The van der Waals surface area contributed by atoms with E-state index in [4.69, 9.17) is 14.2 Å². The summed E-state index contributed by atoms with van der Waals surface area (Å²) in [5.41, 5.74) is 1.85. The zero-order valence-electron chi connectivity index (χ0n) is 21.4. The van der Waals surface area contributed by atoms with Gasteiger partial charge in [-0.1, -0.05) is 48.5 Å². The number of anilines is 1. The molecule has 3 aromatic carbocycles. The van der Waals surface area contributed by atoms with Crippen LogP contribution in [0.4, 0.5) is 5.13 Å². The molecule has 1 atom stereocenters. The number of aromatic nitrogens is 1. The first-order valence-corrected chi connectivity index (χ1v) is 13.2. The maximum absolute atomic E-state index is 13.4. The van der Waals surface area contributed by atoms with E-state index >= 15 is 0 Å². The van der Waals surface area contributed by atoms with Gasteiger partial charge in [-0.2, -0.15) is 0 Å². The summed E-state index contributed by atoms with van der Waals surface area (Å²) in [6.07, 6.45) is 1.56. The van der Waals surface area contributed by atoms with E-state index in [0.717, 1.165) is 5.56 Å². The molecule has 4 aromatic rings. The molecule has 1 N–H and O–H groups in total. The van der Waals surface area contributed by atoms with Crippen LogP contribution >= 0.6 is 11.3 Å². The Labute approximate surface area is 229 Å². The second-order valence-corrected chi connectivity index (χ2v) is 9.50. The summed E-state index contributed by atoms with van der Waals surface area (Å²) in [6, 6.07) is 20.7. The summed E-state index contributed by atoms with van der Waals surface area (Å²) >= 11 is 1.22. The molecular weight excluding hydrogens is 516 g/mol. The number of Topliss-reactive ketones (excluding diaryl/α,β-unsaturated/α-hetero) is 1. The number of amides is 1. The van der Waals surface area contributed by atoms with Crippen molar-refractivity contribution in [2.45, 2.75) is 19.6 Å². The molecule has 0 radical (unpaired) electrons. The van der Waals surface area contributed by atoms with Crippen molar-refractivity contribution in [3.63, 3.8) is 0 Å². The molecule has 2 heterocycles. The van der Waals surface area contributed by atoms with E-state index < -0.39 is 17.7 Å². The molecule has 5 rings (SSSR count). The highest BCUT2D eigenvalue weighted by atomic mass is 32.1. The molecule has 1 aliphatic rings. The Morgan fingerprint density at radius 2 is 1.82 bits per heavy atom. The van der Waals surface area contributed by atoms with Gasteiger partial charge in [0.15, 0.2) is 16.6 Å². The zero-order valence-corrected chi connectivity index (χ0v) is 22.2. The molecule has 0 spiro atoms. The molecule has 39 heavy (non-hydrogen) atoms. The van der Waals surface area contributed by atoms with Crippen molar-refractivity contribution in [1.82, 2.24) is 4.98 Å². The summed E-state index contributed by atoms with van der Waals surface area (Å²) in [5, 5.41) is 13.5. The number of thiazole rings is 1. The van der Waals surface area contributed by atoms with E-state index in [-0.39, 0.29) is 11.3 Å². The topological polar surface area (TPSA) is 98.2 Å². The van der Waals surface area contributed by atoms with Crippen molar-refractivity contribution in [1.29, 1.82) is 0 Å². The highest BCUT2D eigenvalue weighted by Crippen LogP contribution is 2.44. The van der Waals surface area contributed by atoms with Crippen LogP contribution in [0.2, 0.25) is 0 Å². The number of carbonyl (C=O) groups excluding carboxylic acids is 2. The van der Waals surface area contributed by atoms with E-state index in [1.165, 1.54) is 23.3 Å². The Kier molecular flexibility index (Phi) is 7.60. The Hall–Kier alpha value is -4.63. The second-order valence-electron chi connectivity index (χ2n) is 8.63. The quantitative estimate of drug-likeness (QED) is 0.163. The molecule has 1 saturated heterocycles. The highest BCUT2D eigenvalue weighted by Gasteiger charge is 2.48. The fourth-order valence-corrected chi connectivity index (χ4v) is 5.11. The largest absolute Gasteiger partial charge is 0.507 e. The summed E-state index contributed by atoms with van der Waals surface area (Å²) < 4.78 is 17.2. The minimum atomic E-state index is -0.941. The monoisotopic (exact) mass is 542 g/mol. The van der Waals surface area contributed by atoms with Gasteiger partial charge in [-0.3, -0.25) is 14.5 Å². The molecule has 198 valence electrons. The summed E-state index contributed by atoms with van der Waals surface area (Å²) in [6.45, 7) is 2.63. The zero-order chi connectivity index (χ0) is 27.4. The van der Waals surface area contributed by atoms with Gasteiger partial charge in [-0.05, 0) is 42.3 Å². The van der Waals surface area contributed by atoms with Crippen LogP contribution in [0.5, 0.6) is 17.2 Å². The summed E-state index contributed by atoms with van der Waals surface area (Å²) in [5.74, 6) is -0.429. The van der Waals surface area contributed by atoms with Gasteiger partial charge in [0.05, 0.1) is 25.3 Å². The summed E-state index contributed by atoms with van der Waals surface area (Å²) in [4.78, 5) is 32.3. The van der Waals surface area contributed by atoms with Crippen LogP contribution in [0, 0.1) is 0 Å². The molecule has 0 saturated carbocycles. The average Bonchev–Trinajstić information content (AvgIpc) is 3.59. The third-order valence-electron chi connectivity index (χ3n) is 6.23. The molecule has 1 fully saturated rings. The number of ketones is 1. The number of benzene rings is 3. The number of carbonyl (C=O) groups is 2. The van der Waals surface area contributed by atoms with Gasteiger partial charge >= 0.3 is 5.91 Å². The number of ether oxygens (including phenoxy) is 3. The van der Waals surface area contributed by atoms with E-state index in [2.05, 4.69) is 4.98 Å². The Morgan fingerprint density at radius 1 is 1.00 bits per heavy atom. The van der Waals surface area contributed by atoms with Gasteiger partial charge in [0.2, 0.25) is 0 Å². The van der Waals surface area contributed by atoms with Gasteiger partial charge < -0.3 is 19.3 Å². The SMILES string of the molecule is CCOc1cccc(/C(O)=C2\C(=O)C(=O)N(c3nccs3)C2c2ccc(OCc3ccccc3)c(OC)c2)c1. The molecule has 0 aliphatic carbocycles. The highest BCUT2D eigenvalue weighted by molar-refractivity contribution is 7.14. The molecule has 9 heteroatoms. The lowest BCUT2D eigenvalue weighted by atomic mass is 9.95. The van der Waals surface area contributed by atoms with E-state index in [9.17, 15) is 14.7 Å². The van der Waals surface area contributed by atoms with E-state index in [1.54, 1.807) is 54.0 Å². The van der Waals surface area contributed by atoms with Gasteiger partial charge in [-0.15, -0.1) is 11.3 Å². The van der Waals surface area contributed by atoms with Gasteiger partial charge in [0, 0.05) is 17.1 Å². The molecule has 8 nitrogen and oxygen atoms in total. The lowest BCUT2D eigenvalue weighted by Crippen LogP contribution is -2.29. The van der Waals surface area contributed by atoms with Crippen LogP contribution in [0.25, 0.3) is 5.76 Å². The normalized spacial score (nSPS) is 16.4. The van der Waals surface area contributed by atoms with Crippen molar-refractivity contribution in [2.24, 2.45) is 0 Å². The maximum Gasteiger partial charge on any atom is 0.301 e. The van der Waals surface area contributed by atoms with E-state index in [0.29, 0.717) is 46.7 Å². The van der Waals surface area contributed by atoms with Gasteiger partial charge in [0.1, 0.15) is 18.1 Å². The molecule has 1 aliphatic heterocycles. The number of nitrogens with zero attached hydrogens (tertiary/aromatic N) is 2. The van der Waals surface area contributed by atoms with Crippen molar-refractivity contribution < 1.29 is 28.9 Å². The maximum atomic E-state index is 13.4. The van der Waals surface area contributed by atoms with Gasteiger partial charge in [-0.25, -0.2) is 4.98 Å². The van der Waals surface area contributed by atoms with Crippen LogP contribution < -0.4 is 19.1 Å². The number of hydrogen-bond donors (Lipinski definition) is 1. The molecule has 1 aromatic heterocycles. The molecule has 1 unspecified atom stereocenters. The number of rotatable bonds is 9. The first-order chi connectivity index (χ1) is 19.0. The first kappa shape index (κ1) is 26.0. The lowest BCUT2D eigenvalue weighted by molar-refractivity contribution is -0.132. The van der Waals surface area contributed by atoms with Crippen molar-refractivity contribution in [3.05, 3.63) is 107 Å². The average molecular weight is 543 g/mol. The molecule has 1 amide bonds. The second kappa shape index (κ2) is 11.4. The van der Waals surface area contributed by atoms with Gasteiger partial charge in [0.25, 0.3) is 5.78 Å². The van der Waals surface area contributed by atoms with Crippen LogP contribution in [0.15, 0.2) is 89.9 Å². The van der Waals surface area contributed by atoms with E-state index in [1.807, 2.05) is 37.3 Å². The smallest absolute Gasteiger partial charge is 0.301 e. The Balaban J connectivity index is 1.59. The predicted molar refractivity (Wildman–Crippen MR) is 148 cm³/mol. The van der Waals surface area contributed by atoms with Crippen LogP contribution in [0.1, 0.15) is 29.7 Å². The Morgan fingerprint density at radius 3 is 2.54 bits per heavy atom. The fourth-order valence-electron chi connectivity index (χ4n) is 4.44. The lowest BCUT2D eigenvalue weighted by Gasteiger charge is -2.24. The predicted octanol–water partition coefficient (Wildman–Crippen LogP) is 5.76. The molecule has 0 bridgehead atoms. The standard InChI is InChI=1S/C30H26N2O6S/c1-3-37-22-11-7-10-21(16-22)27(33)25-26(32(29(35)28(25)34)30-31-14-15-39-30)20-12-13-23(24(17-20)36-2)38-18-19-8-5-4-6-9-19/h4-17,26,33H,3,18H2,1-2H3/b27-25+. The van der Waals surface area contributed by atoms with Crippen molar-refractivity contribution in [3.8, 4) is 17.2 Å². The Bertz CT molecular complexity index is 1520. The third-order valence-corrected chi connectivity index (χ3v) is 7.00. The number of hydrogen-bond acceptors (Lipinski definition) is 8. The first-order valence-electron chi connectivity index (χ1n) is 12.3.